The zero-order valence-electron chi connectivity index (χ0n) is 19.0. The van der Waals surface area contributed by atoms with E-state index in [1.54, 1.807) is 12.4 Å². The van der Waals surface area contributed by atoms with Gasteiger partial charge in [-0.2, -0.15) is 0 Å². The fourth-order valence-corrected chi connectivity index (χ4v) is 4.07. The number of carbonyl (C=O) groups is 2. The molecule has 0 radical (unpaired) electrons. The van der Waals surface area contributed by atoms with E-state index in [0.717, 1.165) is 6.42 Å². The van der Waals surface area contributed by atoms with Gasteiger partial charge in [0.25, 0.3) is 5.91 Å². The number of H-pyrrole nitrogens is 1. The fraction of sp³-hybridized carbons (Fsp3) is 0.522. The van der Waals surface area contributed by atoms with Gasteiger partial charge >= 0.3 is 0 Å². The third-order valence-corrected chi connectivity index (χ3v) is 5.76. The summed E-state index contributed by atoms with van der Waals surface area (Å²) in [5, 5.41) is 2.91. The molecule has 9 heteroatoms. The van der Waals surface area contributed by atoms with Crippen LogP contribution >= 0.6 is 0 Å². The zero-order valence-corrected chi connectivity index (χ0v) is 19.0. The Morgan fingerprint density at radius 1 is 1.44 bits per heavy atom. The SMILES string of the molecule is [C-]#[N+]C[C@@H](CC)NC(=O)c1c[nH]c2ncc(N3CCN(C(=O)C=C)[C@@H](CC(C)C)C3)nc12. The van der Waals surface area contributed by atoms with Gasteiger partial charge in [-0.3, -0.25) is 9.59 Å². The molecule has 0 unspecified atom stereocenters. The molecule has 3 heterocycles. The Bertz CT molecular complexity index is 1020. The van der Waals surface area contributed by atoms with E-state index in [1.165, 1.54) is 6.08 Å². The molecule has 0 saturated carbocycles. The Labute approximate surface area is 188 Å². The number of amides is 2. The summed E-state index contributed by atoms with van der Waals surface area (Å²) < 4.78 is 0. The molecule has 0 aliphatic carbocycles. The molecule has 1 aliphatic rings. The second-order valence-corrected chi connectivity index (χ2v) is 8.51. The first-order valence-corrected chi connectivity index (χ1v) is 11.0. The summed E-state index contributed by atoms with van der Waals surface area (Å²) in [6.07, 6.45) is 6.24. The molecular formula is C23H31N7O2. The van der Waals surface area contributed by atoms with Crippen molar-refractivity contribution in [3.63, 3.8) is 0 Å². The minimum atomic E-state index is -0.266. The average molecular weight is 438 g/mol. The largest absolute Gasteiger partial charge is 0.351 e. The molecule has 0 bridgehead atoms. The Balaban J connectivity index is 1.84. The van der Waals surface area contributed by atoms with Gasteiger partial charge in [0.15, 0.2) is 5.65 Å². The molecule has 0 aromatic carbocycles. The molecule has 170 valence electrons. The number of nitrogens with zero attached hydrogens (tertiary/aromatic N) is 5. The van der Waals surface area contributed by atoms with E-state index in [0.29, 0.717) is 54.5 Å². The summed E-state index contributed by atoms with van der Waals surface area (Å²) in [5.74, 6) is 0.804. The van der Waals surface area contributed by atoms with Gasteiger partial charge in [-0.15, -0.1) is 0 Å². The molecular weight excluding hydrogens is 406 g/mol. The maximum absolute atomic E-state index is 12.8. The standard InChI is InChI=1S/C23H31N7O2/c1-6-16(11-24-5)27-23(32)18-12-25-22-21(18)28-19(13-26-22)29-8-9-30(20(31)7-2)17(14-29)10-15(3)4/h7,12-13,15-17H,2,6,8-11,14H2,1,3-4H3,(H,25,26)(H,27,32)/t16-,17+/m1/s1. The fourth-order valence-electron chi connectivity index (χ4n) is 4.07. The summed E-state index contributed by atoms with van der Waals surface area (Å²) in [5.41, 5.74) is 1.45. The number of nitrogens with one attached hydrogen (secondary N) is 2. The molecule has 2 amide bonds. The lowest BCUT2D eigenvalue weighted by Crippen LogP contribution is -2.55. The van der Waals surface area contributed by atoms with E-state index in [4.69, 9.17) is 11.6 Å². The summed E-state index contributed by atoms with van der Waals surface area (Å²) in [4.78, 5) is 44.7. The van der Waals surface area contributed by atoms with Crippen molar-refractivity contribution in [2.24, 2.45) is 5.92 Å². The van der Waals surface area contributed by atoms with Gasteiger partial charge in [-0.1, -0.05) is 27.4 Å². The molecule has 2 N–H and O–H groups in total. The van der Waals surface area contributed by atoms with Crippen LogP contribution in [0.2, 0.25) is 0 Å². The van der Waals surface area contributed by atoms with Crippen LogP contribution in [0.3, 0.4) is 0 Å². The lowest BCUT2D eigenvalue weighted by molar-refractivity contribution is -0.129. The quantitative estimate of drug-likeness (QED) is 0.489. The minimum absolute atomic E-state index is 0.0497. The maximum Gasteiger partial charge on any atom is 0.255 e. The second kappa shape index (κ2) is 10.3. The molecule has 2 atom stereocenters. The van der Waals surface area contributed by atoms with E-state index in [-0.39, 0.29) is 30.4 Å². The highest BCUT2D eigenvalue weighted by atomic mass is 16.2. The van der Waals surface area contributed by atoms with Gasteiger partial charge in [0, 0.05) is 31.9 Å². The average Bonchev–Trinajstić information content (AvgIpc) is 3.21. The highest BCUT2D eigenvalue weighted by Gasteiger charge is 2.31. The molecule has 0 spiro atoms. The number of piperazine rings is 1. The normalized spacial score (nSPS) is 17.3. The molecule has 2 aromatic rings. The van der Waals surface area contributed by atoms with Crippen LogP contribution in [0.4, 0.5) is 5.82 Å². The molecule has 1 saturated heterocycles. The van der Waals surface area contributed by atoms with Crippen molar-refractivity contribution >= 4 is 28.8 Å². The second-order valence-electron chi connectivity index (χ2n) is 8.51. The van der Waals surface area contributed by atoms with Gasteiger partial charge in [0.2, 0.25) is 12.5 Å². The third-order valence-electron chi connectivity index (χ3n) is 5.76. The number of anilines is 1. The predicted molar refractivity (Wildman–Crippen MR) is 124 cm³/mol. The summed E-state index contributed by atoms with van der Waals surface area (Å²) >= 11 is 0. The Morgan fingerprint density at radius 3 is 2.88 bits per heavy atom. The van der Waals surface area contributed by atoms with E-state index < -0.39 is 0 Å². The van der Waals surface area contributed by atoms with Crippen molar-refractivity contribution in [3.05, 3.63) is 42.0 Å². The molecule has 2 aromatic heterocycles. The first kappa shape index (κ1) is 23.3. The number of aromatic nitrogens is 3. The Hall–Kier alpha value is -3.41. The number of aromatic amines is 1. The first-order chi connectivity index (χ1) is 15.4. The van der Waals surface area contributed by atoms with E-state index >= 15 is 0 Å². The lowest BCUT2D eigenvalue weighted by atomic mass is 10.00. The van der Waals surface area contributed by atoms with Crippen molar-refractivity contribution < 1.29 is 9.59 Å². The highest BCUT2D eigenvalue weighted by Crippen LogP contribution is 2.24. The molecule has 32 heavy (non-hydrogen) atoms. The topological polar surface area (TPSA) is 98.6 Å². The molecule has 1 aliphatic heterocycles. The number of rotatable bonds is 8. The summed E-state index contributed by atoms with van der Waals surface area (Å²) in [6.45, 7) is 19.0. The first-order valence-electron chi connectivity index (χ1n) is 11.0. The van der Waals surface area contributed by atoms with Gasteiger partial charge < -0.3 is 24.9 Å². The number of carbonyl (C=O) groups excluding carboxylic acids is 2. The van der Waals surface area contributed by atoms with E-state index in [2.05, 4.69) is 45.5 Å². The zero-order chi connectivity index (χ0) is 23.3. The number of hydrogen-bond acceptors (Lipinski definition) is 5. The molecule has 9 nitrogen and oxygen atoms in total. The predicted octanol–water partition coefficient (Wildman–Crippen LogP) is 2.63. The monoisotopic (exact) mass is 437 g/mol. The van der Waals surface area contributed by atoms with Crippen LogP contribution in [0.25, 0.3) is 16.0 Å². The van der Waals surface area contributed by atoms with Crippen molar-refractivity contribution in [2.75, 3.05) is 31.1 Å². The van der Waals surface area contributed by atoms with Crippen LogP contribution in [0.5, 0.6) is 0 Å². The summed E-state index contributed by atoms with van der Waals surface area (Å²) in [6, 6.07) is -0.145. The Morgan fingerprint density at radius 2 is 2.22 bits per heavy atom. The van der Waals surface area contributed by atoms with Gasteiger partial charge in [-0.25, -0.2) is 16.5 Å². The van der Waals surface area contributed by atoms with Crippen LogP contribution in [-0.2, 0) is 4.79 Å². The third kappa shape index (κ3) is 5.07. The van der Waals surface area contributed by atoms with Crippen LogP contribution in [-0.4, -0.2) is 69.9 Å². The Kier molecular flexibility index (Phi) is 7.46. The highest BCUT2D eigenvalue weighted by molar-refractivity contribution is 6.04. The number of fused-ring (bicyclic) bond motifs is 1. The minimum Gasteiger partial charge on any atom is -0.351 e. The van der Waals surface area contributed by atoms with Crippen LogP contribution in [0.1, 0.15) is 44.0 Å². The lowest BCUT2D eigenvalue weighted by Gasteiger charge is -2.42. The van der Waals surface area contributed by atoms with Crippen LogP contribution in [0, 0.1) is 12.5 Å². The van der Waals surface area contributed by atoms with Crippen molar-refractivity contribution in [3.8, 4) is 0 Å². The van der Waals surface area contributed by atoms with E-state index in [1.807, 2.05) is 11.8 Å². The smallest absolute Gasteiger partial charge is 0.255 e. The maximum atomic E-state index is 12.8. The van der Waals surface area contributed by atoms with Crippen molar-refractivity contribution in [1.29, 1.82) is 0 Å². The van der Waals surface area contributed by atoms with Gasteiger partial charge in [0.1, 0.15) is 17.4 Å². The van der Waals surface area contributed by atoms with Gasteiger partial charge in [-0.05, 0) is 24.8 Å². The van der Waals surface area contributed by atoms with Crippen molar-refractivity contribution in [2.45, 2.75) is 45.7 Å². The van der Waals surface area contributed by atoms with E-state index in [9.17, 15) is 9.59 Å². The molecule has 3 rings (SSSR count). The van der Waals surface area contributed by atoms with Crippen LogP contribution < -0.4 is 10.2 Å². The van der Waals surface area contributed by atoms with Crippen molar-refractivity contribution in [1.82, 2.24) is 25.2 Å². The van der Waals surface area contributed by atoms with Crippen LogP contribution in [0.15, 0.2) is 25.0 Å². The van der Waals surface area contributed by atoms with Gasteiger partial charge in [0.05, 0.1) is 11.8 Å². The summed E-state index contributed by atoms with van der Waals surface area (Å²) in [7, 11) is 0. The number of hydrogen-bond donors (Lipinski definition) is 2. The molecule has 1 fully saturated rings.